The van der Waals surface area contributed by atoms with E-state index in [1.54, 1.807) is 0 Å². The van der Waals surface area contributed by atoms with Crippen LogP contribution in [-0.2, 0) is 0 Å². The van der Waals surface area contributed by atoms with Crippen molar-refractivity contribution in [1.29, 1.82) is 0 Å². The predicted molar refractivity (Wildman–Crippen MR) is 349 cm³/mol. The maximum absolute atomic E-state index is 2.42. The lowest BCUT2D eigenvalue weighted by Gasteiger charge is -2.31. The van der Waals surface area contributed by atoms with Gasteiger partial charge in [-0.15, -0.1) is 34.0 Å². The highest BCUT2D eigenvalue weighted by Crippen LogP contribution is 2.56. The second-order valence-corrected chi connectivity index (χ2v) is 26.5. The van der Waals surface area contributed by atoms with Crippen LogP contribution in [0.4, 0.5) is 49.1 Å². The first-order valence-corrected chi connectivity index (χ1v) is 31.8. The summed E-state index contributed by atoms with van der Waals surface area (Å²) in [4.78, 5) is 18.6. The number of benzene rings is 10. The second-order valence-electron chi connectivity index (χ2n) is 20.1. The van der Waals surface area contributed by atoms with Gasteiger partial charge in [-0.05, 0) is 177 Å². The van der Waals surface area contributed by atoms with E-state index in [2.05, 4.69) is 288 Å². The molecule has 81 heavy (non-hydrogen) atoms. The van der Waals surface area contributed by atoms with Crippen molar-refractivity contribution in [2.75, 3.05) is 14.7 Å². The predicted octanol–water partition coefficient (Wildman–Crippen LogP) is 23.7. The van der Waals surface area contributed by atoms with Gasteiger partial charge in [0.15, 0.2) is 0 Å². The maximum atomic E-state index is 2.42. The lowest BCUT2D eigenvalue weighted by molar-refractivity contribution is 1.18. The third kappa shape index (κ3) is 8.84. The Morgan fingerprint density at radius 2 is 0.395 bits per heavy atom. The van der Waals surface area contributed by atoms with Crippen molar-refractivity contribution in [3.8, 4) is 64.7 Å². The number of anilines is 9. The van der Waals surface area contributed by atoms with E-state index in [1.165, 1.54) is 143 Å². The fourth-order valence-electron chi connectivity index (χ4n) is 11.2. The summed E-state index contributed by atoms with van der Waals surface area (Å²) in [6, 6.07) is 101. The summed E-state index contributed by atoms with van der Waals surface area (Å²) in [5.74, 6) is 0. The molecular formula is C72H45N3S6. The van der Waals surface area contributed by atoms with Gasteiger partial charge >= 0.3 is 0 Å². The van der Waals surface area contributed by atoms with Crippen molar-refractivity contribution in [1.82, 2.24) is 0 Å². The molecule has 0 aliphatic carbocycles. The highest BCUT2D eigenvalue weighted by molar-refractivity contribution is 8.00. The molecule has 0 saturated carbocycles. The van der Waals surface area contributed by atoms with Crippen molar-refractivity contribution >= 4 is 118 Å². The molecule has 0 bridgehead atoms. The zero-order valence-electron chi connectivity index (χ0n) is 43.3. The van der Waals surface area contributed by atoms with Gasteiger partial charge < -0.3 is 0 Å². The monoisotopic (exact) mass is 1140 g/mol. The smallest absolute Gasteiger partial charge is 0.101 e. The standard InChI is InChI=1S/C72H45N3S6/c1-7-19-64-55(13-1)73(56-14-2-8-20-65(56)76-64)70-40-37-61(79-70)49-31-25-46(26-32-49)52-43-53(47-27-33-50(34-28-47)62-38-41-71(80-62)74-57-15-3-9-21-66(57)77-67-22-10-4-16-58(67)74)45-54(44-52)48-29-35-51(36-30-48)63-39-42-72(81-63)75-59-17-5-11-23-68(59)78-69-24-12-6-18-60(69)75/h1-45H. The van der Waals surface area contributed by atoms with Gasteiger partial charge in [-0.1, -0.05) is 181 Å². The summed E-state index contributed by atoms with van der Waals surface area (Å²) >= 11 is 11.0. The minimum absolute atomic E-state index is 1.18. The van der Waals surface area contributed by atoms with Crippen LogP contribution in [-0.4, -0.2) is 0 Å². The summed E-state index contributed by atoms with van der Waals surface area (Å²) in [5.41, 5.74) is 18.0. The Balaban J connectivity index is 0.728. The molecule has 16 rings (SSSR count). The van der Waals surface area contributed by atoms with Crippen LogP contribution in [0.25, 0.3) is 64.7 Å². The average Bonchev–Trinajstić information content (AvgIpc) is 4.39. The van der Waals surface area contributed by atoms with E-state index in [0.717, 1.165) is 0 Å². The molecule has 13 aromatic rings. The molecule has 0 unspecified atom stereocenters. The van der Waals surface area contributed by atoms with Crippen LogP contribution < -0.4 is 14.7 Å². The molecule has 0 N–H and O–H groups in total. The third-order valence-corrected chi connectivity index (χ3v) is 21.9. The first kappa shape index (κ1) is 48.6. The van der Waals surface area contributed by atoms with Crippen LogP contribution >= 0.6 is 69.3 Å². The van der Waals surface area contributed by atoms with E-state index < -0.39 is 0 Å². The Labute approximate surface area is 496 Å². The van der Waals surface area contributed by atoms with E-state index in [-0.39, 0.29) is 0 Å². The van der Waals surface area contributed by atoms with Crippen LogP contribution in [0, 0.1) is 0 Å². The number of thiophene rings is 3. The molecule has 3 aliphatic rings. The molecule has 0 radical (unpaired) electrons. The molecule has 0 spiro atoms. The lowest BCUT2D eigenvalue weighted by Crippen LogP contribution is -2.13. The van der Waals surface area contributed by atoms with E-state index in [9.17, 15) is 0 Å². The van der Waals surface area contributed by atoms with Crippen LogP contribution in [0.1, 0.15) is 0 Å². The maximum Gasteiger partial charge on any atom is 0.101 e. The molecule has 0 fully saturated rings. The lowest BCUT2D eigenvalue weighted by atomic mass is 9.92. The molecular weight excluding hydrogens is 1100 g/mol. The summed E-state index contributed by atoms with van der Waals surface area (Å²) in [6.45, 7) is 0. The second kappa shape index (κ2) is 20.4. The van der Waals surface area contributed by atoms with E-state index in [0.29, 0.717) is 0 Å². The first-order chi connectivity index (χ1) is 40.1. The highest BCUT2D eigenvalue weighted by atomic mass is 32.2. The van der Waals surface area contributed by atoms with Crippen LogP contribution in [0.3, 0.4) is 0 Å². The molecule has 6 heterocycles. The minimum Gasteiger partial charge on any atom is -0.300 e. The van der Waals surface area contributed by atoms with Crippen molar-refractivity contribution in [3.05, 3.63) is 273 Å². The zero-order chi connectivity index (χ0) is 53.4. The molecule has 9 heteroatoms. The van der Waals surface area contributed by atoms with Crippen molar-refractivity contribution in [2.24, 2.45) is 0 Å². The number of para-hydroxylation sites is 6. The third-order valence-electron chi connectivity index (χ3n) is 15.2. The Kier molecular flexibility index (Phi) is 12.2. The molecule has 3 nitrogen and oxygen atoms in total. The Morgan fingerprint density at radius 1 is 0.185 bits per heavy atom. The molecule has 0 amide bonds. The molecule has 3 aliphatic heterocycles. The number of fused-ring (bicyclic) bond motifs is 6. The normalized spacial score (nSPS) is 13.0. The van der Waals surface area contributed by atoms with Gasteiger partial charge in [0.1, 0.15) is 15.0 Å². The Hall–Kier alpha value is -8.25. The molecule has 3 aromatic heterocycles. The highest BCUT2D eigenvalue weighted by Gasteiger charge is 2.29. The van der Waals surface area contributed by atoms with Gasteiger partial charge in [0.2, 0.25) is 0 Å². The molecule has 0 atom stereocenters. The van der Waals surface area contributed by atoms with Crippen LogP contribution in [0.2, 0.25) is 0 Å². The zero-order valence-corrected chi connectivity index (χ0v) is 48.2. The number of hydrogen-bond acceptors (Lipinski definition) is 9. The largest absolute Gasteiger partial charge is 0.300 e. The van der Waals surface area contributed by atoms with Gasteiger partial charge in [-0.3, -0.25) is 14.7 Å². The summed E-state index contributed by atoms with van der Waals surface area (Å²) in [5, 5.41) is 3.62. The average molecular weight is 1140 g/mol. The van der Waals surface area contributed by atoms with E-state index in [4.69, 9.17) is 0 Å². The first-order valence-electron chi connectivity index (χ1n) is 26.9. The van der Waals surface area contributed by atoms with Crippen molar-refractivity contribution in [3.63, 3.8) is 0 Å². The molecule has 10 aromatic carbocycles. The number of hydrogen-bond donors (Lipinski definition) is 0. The van der Waals surface area contributed by atoms with Gasteiger partial charge in [0, 0.05) is 44.0 Å². The van der Waals surface area contributed by atoms with E-state index >= 15 is 0 Å². The summed E-state index contributed by atoms with van der Waals surface area (Å²) < 4.78 is 0. The topological polar surface area (TPSA) is 9.72 Å². The van der Waals surface area contributed by atoms with Crippen LogP contribution in [0.15, 0.2) is 302 Å². The summed E-state index contributed by atoms with van der Waals surface area (Å²) in [7, 11) is 0. The SMILES string of the molecule is c1ccc2c(c1)Sc1ccccc1N2c1ccc(-c2ccc(-c3cc(-c4ccc(-c5ccc(N6c7ccccc7Sc7ccccc76)s5)cc4)cc(-c4ccc(-c5ccc(N6c7ccccc7Sc7ccccc76)s5)cc4)c3)cc2)s1. The number of rotatable bonds is 9. The quantitative estimate of drug-likeness (QED) is 0.141. The van der Waals surface area contributed by atoms with Gasteiger partial charge in [0.25, 0.3) is 0 Å². The van der Waals surface area contributed by atoms with Gasteiger partial charge in [-0.25, -0.2) is 0 Å². The van der Waals surface area contributed by atoms with Crippen molar-refractivity contribution in [2.45, 2.75) is 29.4 Å². The van der Waals surface area contributed by atoms with Gasteiger partial charge in [0.05, 0.1) is 34.1 Å². The number of nitrogens with zero attached hydrogens (tertiary/aromatic N) is 3. The minimum atomic E-state index is 1.18. The van der Waals surface area contributed by atoms with E-state index in [1.807, 2.05) is 69.3 Å². The van der Waals surface area contributed by atoms with Gasteiger partial charge in [-0.2, -0.15) is 0 Å². The van der Waals surface area contributed by atoms with Crippen LogP contribution in [0.5, 0.6) is 0 Å². The molecule has 384 valence electrons. The Morgan fingerprint density at radius 3 is 0.630 bits per heavy atom. The van der Waals surface area contributed by atoms with Crippen molar-refractivity contribution < 1.29 is 0 Å². The molecule has 0 saturated heterocycles. The summed E-state index contributed by atoms with van der Waals surface area (Å²) in [6.07, 6.45) is 0. The Bertz CT molecular complexity index is 3930. The fraction of sp³-hybridized carbons (Fsp3) is 0. The fourth-order valence-corrected chi connectivity index (χ4v) is 17.5.